The predicted molar refractivity (Wildman–Crippen MR) is 61.4 cm³/mol. The molecule has 0 aliphatic rings. The maximum Gasteiger partial charge on any atom is 0.0934 e. The molecular weight excluding hydrogens is 206 g/mol. The van der Waals surface area contributed by atoms with E-state index in [1.165, 1.54) is 0 Å². The number of hydrazine groups is 1. The fourth-order valence-corrected chi connectivity index (χ4v) is 2.13. The second-order valence-corrected chi connectivity index (χ2v) is 3.86. The molecule has 3 N–H and O–H groups in total. The van der Waals surface area contributed by atoms with Crippen molar-refractivity contribution in [1.29, 1.82) is 0 Å². The van der Waals surface area contributed by atoms with Gasteiger partial charge in [0.05, 0.1) is 23.5 Å². The number of aromatic nitrogens is 3. The van der Waals surface area contributed by atoms with Crippen LogP contribution in [0.25, 0.3) is 0 Å². The summed E-state index contributed by atoms with van der Waals surface area (Å²) in [5, 5.41) is 7.79. The van der Waals surface area contributed by atoms with Crippen molar-refractivity contribution >= 4 is 0 Å². The highest BCUT2D eigenvalue weighted by molar-refractivity contribution is 5.09. The second kappa shape index (κ2) is 5.38. The standard InChI is InChI=1S/C10H21N5O/c1-5-10(6-2,16-4)9(13-11)8-7-12-14-15(8)3/h7,9,13H,5-6,11H2,1-4H3. The van der Waals surface area contributed by atoms with E-state index < -0.39 is 0 Å². The van der Waals surface area contributed by atoms with Gasteiger partial charge in [0, 0.05) is 14.2 Å². The van der Waals surface area contributed by atoms with Gasteiger partial charge in [0.15, 0.2) is 0 Å². The van der Waals surface area contributed by atoms with Crippen molar-refractivity contribution in [3.8, 4) is 0 Å². The Morgan fingerprint density at radius 2 is 2.19 bits per heavy atom. The third-order valence-electron chi connectivity index (χ3n) is 3.34. The average Bonchev–Trinajstić information content (AvgIpc) is 2.72. The number of nitrogens with zero attached hydrogens (tertiary/aromatic N) is 3. The summed E-state index contributed by atoms with van der Waals surface area (Å²) in [6.45, 7) is 4.17. The summed E-state index contributed by atoms with van der Waals surface area (Å²) in [7, 11) is 3.56. The van der Waals surface area contributed by atoms with Gasteiger partial charge in [-0.25, -0.2) is 5.43 Å². The Labute approximate surface area is 96.1 Å². The van der Waals surface area contributed by atoms with E-state index in [9.17, 15) is 0 Å². The number of hydrogen-bond donors (Lipinski definition) is 2. The van der Waals surface area contributed by atoms with Gasteiger partial charge >= 0.3 is 0 Å². The SMILES string of the molecule is CCC(CC)(OC)C(NN)c1cnnn1C. The molecule has 0 aromatic carbocycles. The molecule has 0 saturated carbocycles. The van der Waals surface area contributed by atoms with E-state index in [0.717, 1.165) is 18.5 Å². The second-order valence-electron chi connectivity index (χ2n) is 3.86. The Morgan fingerprint density at radius 3 is 2.50 bits per heavy atom. The van der Waals surface area contributed by atoms with Crippen molar-refractivity contribution in [1.82, 2.24) is 20.4 Å². The number of rotatable bonds is 6. The van der Waals surface area contributed by atoms with Crippen LogP contribution in [0.15, 0.2) is 6.20 Å². The predicted octanol–water partition coefficient (Wildman–Crippen LogP) is 0.525. The van der Waals surface area contributed by atoms with E-state index in [-0.39, 0.29) is 11.6 Å². The first-order valence-corrected chi connectivity index (χ1v) is 5.51. The number of methoxy groups -OCH3 is 1. The molecule has 0 aliphatic heterocycles. The summed E-state index contributed by atoms with van der Waals surface area (Å²) in [4.78, 5) is 0. The molecule has 0 fully saturated rings. The molecule has 1 aromatic rings. The maximum absolute atomic E-state index is 5.66. The molecule has 1 rings (SSSR count). The minimum absolute atomic E-state index is 0.118. The molecule has 6 heteroatoms. The van der Waals surface area contributed by atoms with Gasteiger partial charge in [-0.3, -0.25) is 10.5 Å². The van der Waals surface area contributed by atoms with Crippen LogP contribution in [0.5, 0.6) is 0 Å². The van der Waals surface area contributed by atoms with Crippen LogP contribution in [0.4, 0.5) is 0 Å². The lowest BCUT2D eigenvalue weighted by atomic mass is 9.86. The van der Waals surface area contributed by atoms with Gasteiger partial charge in [-0.2, -0.15) is 0 Å². The molecule has 0 saturated heterocycles. The molecule has 1 atom stereocenters. The van der Waals surface area contributed by atoms with Gasteiger partial charge in [-0.1, -0.05) is 19.1 Å². The number of aryl methyl sites for hydroxylation is 1. The van der Waals surface area contributed by atoms with E-state index in [1.807, 2.05) is 7.05 Å². The van der Waals surface area contributed by atoms with Crippen LogP contribution in [0.2, 0.25) is 0 Å². The Hall–Kier alpha value is -0.980. The van der Waals surface area contributed by atoms with Gasteiger partial charge in [0.25, 0.3) is 0 Å². The van der Waals surface area contributed by atoms with Gasteiger partial charge < -0.3 is 4.74 Å². The van der Waals surface area contributed by atoms with E-state index in [0.29, 0.717) is 0 Å². The normalized spacial score (nSPS) is 14.1. The molecule has 6 nitrogen and oxygen atoms in total. The monoisotopic (exact) mass is 227 g/mol. The van der Waals surface area contributed by atoms with Crippen LogP contribution in [0, 0.1) is 0 Å². The Morgan fingerprint density at radius 1 is 1.56 bits per heavy atom. The van der Waals surface area contributed by atoms with Crippen molar-refractivity contribution in [2.24, 2.45) is 12.9 Å². The Balaban J connectivity index is 3.10. The van der Waals surface area contributed by atoms with Crippen LogP contribution >= 0.6 is 0 Å². The highest BCUT2D eigenvalue weighted by Gasteiger charge is 2.38. The zero-order valence-corrected chi connectivity index (χ0v) is 10.4. The summed E-state index contributed by atoms with van der Waals surface area (Å²) in [5.41, 5.74) is 3.41. The summed E-state index contributed by atoms with van der Waals surface area (Å²) < 4.78 is 7.37. The lowest BCUT2D eigenvalue weighted by molar-refractivity contribution is -0.0506. The summed E-state index contributed by atoms with van der Waals surface area (Å²) in [5.74, 6) is 5.65. The first-order valence-electron chi connectivity index (χ1n) is 5.51. The number of hydrogen-bond acceptors (Lipinski definition) is 5. The zero-order chi connectivity index (χ0) is 12.2. The van der Waals surface area contributed by atoms with E-state index in [1.54, 1.807) is 18.0 Å². The van der Waals surface area contributed by atoms with Crippen LogP contribution in [0.3, 0.4) is 0 Å². The van der Waals surface area contributed by atoms with Crippen LogP contribution in [-0.2, 0) is 11.8 Å². The number of nitrogens with one attached hydrogen (secondary N) is 1. The van der Waals surface area contributed by atoms with E-state index >= 15 is 0 Å². The lowest BCUT2D eigenvalue weighted by Crippen LogP contribution is -2.48. The molecular formula is C10H21N5O. The summed E-state index contributed by atoms with van der Waals surface area (Å²) >= 11 is 0. The average molecular weight is 227 g/mol. The third-order valence-corrected chi connectivity index (χ3v) is 3.34. The van der Waals surface area contributed by atoms with Gasteiger partial charge in [-0.05, 0) is 12.8 Å². The summed E-state index contributed by atoms with van der Waals surface area (Å²) in [6, 6.07) is -0.118. The van der Waals surface area contributed by atoms with Crippen molar-refractivity contribution in [3.05, 3.63) is 11.9 Å². The first-order chi connectivity index (χ1) is 7.65. The number of nitrogens with two attached hydrogens (primary N) is 1. The smallest absolute Gasteiger partial charge is 0.0934 e. The Kier molecular flexibility index (Phi) is 4.40. The zero-order valence-electron chi connectivity index (χ0n) is 10.4. The molecule has 0 aliphatic carbocycles. The maximum atomic E-state index is 5.66. The van der Waals surface area contributed by atoms with Crippen molar-refractivity contribution in [3.63, 3.8) is 0 Å². The molecule has 92 valence electrons. The van der Waals surface area contributed by atoms with Gasteiger partial charge in [-0.15, -0.1) is 5.10 Å². The minimum atomic E-state index is -0.329. The molecule has 0 spiro atoms. The van der Waals surface area contributed by atoms with Crippen LogP contribution in [-0.4, -0.2) is 27.7 Å². The Bertz CT molecular complexity index is 312. The van der Waals surface area contributed by atoms with Gasteiger partial charge in [0.1, 0.15) is 0 Å². The molecule has 0 radical (unpaired) electrons. The van der Waals surface area contributed by atoms with Crippen molar-refractivity contribution in [2.45, 2.75) is 38.3 Å². The first kappa shape index (κ1) is 13.1. The quantitative estimate of drug-likeness (QED) is 0.547. The molecule has 0 amide bonds. The lowest BCUT2D eigenvalue weighted by Gasteiger charge is -2.37. The van der Waals surface area contributed by atoms with Gasteiger partial charge in [0.2, 0.25) is 0 Å². The van der Waals surface area contributed by atoms with Crippen LogP contribution < -0.4 is 11.3 Å². The number of ether oxygens (including phenoxy) is 1. The topological polar surface area (TPSA) is 78.0 Å². The third kappa shape index (κ3) is 2.09. The molecule has 1 unspecified atom stereocenters. The highest BCUT2D eigenvalue weighted by atomic mass is 16.5. The molecule has 16 heavy (non-hydrogen) atoms. The highest BCUT2D eigenvalue weighted by Crippen LogP contribution is 2.33. The minimum Gasteiger partial charge on any atom is -0.376 e. The largest absolute Gasteiger partial charge is 0.376 e. The fraction of sp³-hybridized carbons (Fsp3) is 0.800. The molecule has 1 aromatic heterocycles. The van der Waals surface area contributed by atoms with Crippen LogP contribution in [0.1, 0.15) is 38.4 Å². The van der Waals surface area contributed by atoms with E-state index in [4.69, 9.17) is 10.6 Å². The molecule has 1 heterocycles. The van der Waals surface area contributed by atoms with E-state index in [2.05, 4.69) is 29.6 Å². The van der Waals surface area contributed by atoms with Crippen molar-refractivity contribution < 1.29 is 4.74 Å². The fourth-order valence-electron chi connectivity index (χ4n) is 2.13. The van der Waals surface area contributed by atoms with Crippen molar-refractivity contribution in [2.75, 3.05) is 7.11 Å². The molecule has 0 bridgehead atoms. The summed E-state index contributed by atoms with van der Waals surface area (Å²) in [6.07, 6.45) is 3.43.